The SMILES string of the molecule is CC(C)n1cc(-c2ccnc(N)c2)cn1. The van der Waals surface area contributed by atoms with E-state index in [2.05, 4.69) is 23.9 Å². The van der Waals surface area contributed by atoms with Crippen molar-refractivity contribution in [3.05, 3.63) is 30.7 Å². The number of nitrogen functional groups attached to an aromatic ring is 1. The number of pyridine rings is 1. The number of nitrogens with two attached hydrogens (primary N) is 1. The predicted octanol–water partition coefficient (Wildman–Crippen LogP) is 2.11. The Balaban J connectivity index is 2.37. The zero-order chi connectivity index (χ0) is 10.8. The summed E-state index contributed by atoms with van der Waals surface area (Å²) in [5.41, 5.74) is 7.74. The van der Waals surface area contributed by atoms with Gasteiger partial charge in [0, 0.05) is 24.0 Å². The van der Waals surface area contributed by atoms with E-state index in [1.54, 1.807) is 6.20 Å². The van der Waals surface area contributed by atoms with Gasteiger partial charge in [0.2, 0.25) is 0 Å². The second-order valence-electron chi connectivity index (χ2n) is 3.77. The Hall–Kier alpha value is -1.84. The van der Waals surface area contributed by atoms with Gasteiger partial charge >= 0.3 is 0 Å². The Morgan fingerprint density at radius 1 is 1.33 bits per heavy atom. The van der Waals surface area contributed by atoms with Gasteiger partial charge in [-0.1, -0.05) is 0 Å². The fourth-order valence-corrected chi connectivity index (χ4v) is 1.40. The van der Waals surface area contributed by atoms with E-state index >= 15 is 0 Å². The summed E-state index contributed by atoms with van der Waals surface area (Å²) in [5, 5.41) is 4.28. The molecule has 0 bridgehead atoms. The van der Waals surface area contributed by atoms with E-state index in [9.17, 15) is 0 Å². The molecule has 0 aliphatic carbocycles. The van der Waals surface area contributed by atoms with Crippen LogP contribution in [0, 0.1) is 0 Å². The smallest absolute Gasteiger partial charge is 0.123 e. The molecule has 0 spiro atoms. The second-order valence-corrected chi connectivity index (χ2v) is 3.77. The topological polar surface area (TPSA) is 56.7 Å². The van der Waals surface area contributed by atoms with Gasteiger partial charge in [0.15, 0.2) is 0 Å². The lowest BCUT2D eigenvalue weighted by Crippen LogP contribution is -1.99. The van der Waals surface area contributed by atoms with E-state index in [-0.39, 0.29) is 0 Å². The van der Waals surface area contributed by atoms with E-state index in [4.69, 9.17) is 5.73 Å². The van der Waals surface area contributed by atoms with E-state index in [1.165, 1.54) is 0 Å². The summed E-state index contributed by atoms with van der Waals surface area (Å²) in [6.07, 6.45) is 5.56. The summed E-state index contributed by atoms with van der Waals surface area (Å²) in [6.45, 7) is 4.19. The molecule has 2 rings (SSSR count). The second kappa shape index (κ2) is 3.73. The van der Waals surface area contributed by atoms with E-state index in [1.807, 2.05) is 29.2 Å². The lowest BCUT2D eigenvalue weighted by Gasteiger charge is -2.03. The monoisotopic (exact) mass is 202 g/mol. The molecule has 2 heterocycles. The van der Waals surface area contributed by atoms with Crippen LogP contribution in [-0.4, -0.2) is 14.8 Å². The predicted molar refractivity (Wildman–Crippen MR) is 60.3 cm³/mol. The van der Waals surface area contributed by atoms with Gasteiger partial charge in [0.1, 0.15) is 5.82 Å². The number of hydrogen-bond acceptors (Lipinski definition) is 3. The first kappa shape index (κ1) is 9.71. The van der Waals surface area contributed by atoms with Crippen molar-refractivity contribution in [1.29, 1.82) is 0 Å². The Morgan fingerprint density at radius 3 is 2.73 bits per heavy atom. The molecule has 2 N–H and O–H groups in total. The molecule has 0 fully saturated rings. The molecular formula is C11H14N4. The van der Waals surface area contributed by atoms with Gasteiger partial charge in [-0.05, 0) is 31.5 Å². The van der Waals surface area contributed by atoms with E-state index in [0.29, 0.717) is 11.9 Å². The van der Waals surface area contributed by atoms with Gasteiger partial charge in [-0.3, -0.25) is 4.68 Å². The molecule has 0 saturated carbocycles. The van der Waals surface area contributed by atoms with Crippen LogP contribution in [-0.2, 0) is 0 Å². The Kier molecular flexibility index (Phi) is 2.41. The third-order valence-corrected chi connectivity index (χ3v) is 2.25. The maximum atomic E-state index is 5.62. The van der Waals surface area contributed by atoms with Crippen molar-refractivity contribution in [1.82, 2.24) is 14.8 Å². The maximum absolute atomic E-state index is 5.62. The molecular weight excluding hydrogens is 188 g/mol. The van der Waals surface area contributed by atoms with Crippen LogP contribution in [0.15, 0.2) is 30.7 Å². The Bertz CT molecular complexity index is 459. The highest BCUT2D eigenvalue weighted by Gasteiger charge is 2.04. The largest absolute Gasteiger partial charge is 0.384 e. The average molecular weight is 202 g/mol. The van der Waals surface area contributed by atoms with Crippen molar-refractivity contribution in [3.8, 4) is 11.1 Å². The highest BCUT2D eigenvalue weighted by atomic mass is 15.3. The lowest BCUT2D eigenvalue weighted by atomic mass is 10.1. The quantitative estimate of drug-likeness (QED) is 0.811. The van der Waals surface area contributed by atoms with Crippen molar-refractivity contribution in [2.24, 2.45) is 0 Å². The Labute approximate surface area is 88.8 Å². The van der Waals surface area contributed by atoms with Crippen LogP contribution in [0.2, 0.25) is 0 Å². The van der Waals surface area contributed by atoms with Crippen LogP contribution < -0.4 is 5.73 Å². The highest BCUT2D eigenvalue weighted by molar-refractivity contribution is 5.64. The van der Waals surface area contributed by atoms with Gasteiger partial charge in [0.05, 0.1) is 6.20 Å². The van der Waals surface area contributed by atoms with Crippen molar-refractivity contribution < 1.29 is 0 Å². The van der Waals surface area contributed by atoms with Crippen molar-refractivity contribution >= 4 is 5.82 Å². The molecule has 0 saturated heterocycles. The molecule has 0 aliphatic heterocycles. The third kappa shape index (κ3) is 1.98. The van der Waals surface area contributed by atoms with Crippen molar-refractivity contribution in [3.63, 3.8) is 0 Å². The van der Waals surface area contributed by atoms with Gasteiger partial charge in [-0.2, -0.15) is 5.10 Å². The molecule has 78 valence electrons. The van der Waals surface area contributed by atoms with Crippen LogP contribution in [0.4, 0.5) is 5.82 Å². The summed E-state index contributed by atoms with van der Waals surface area (Å²) in [4.78, 5) is 3.96. The number of nitrogens with zero attached hydrogens (tertiary/aromatic N) is 3. The minimum Gasteiger partial charge on any atom is -0.384 e. The highest BCUT2D eigenvalue weighted by Crippen LogP contribution is 2.20. The molecule has 0 aliphatic rings. The maximum Gasteiger partial charge on any atom is 0.123 e. The standard InChI is InChI=1S/C11H14N4/c1-8(2)15-7-10(6-14-15)9-3-4-13-11(12)5-9/h3-8H,1-2H3,(H2,12,13). The molecule has 0 aromatic carbocycles. The molecule has 0 unspecified atom stereocenters. The van der Waals surface area contributed by atoms with Crippen LogP contribution in [0.3, 0.4) is 0 Å². The van der Waals surface area contributed by atoms with E-state index < -0.39 is 0 Å². The first-order valence-corrected chi connectivity index (χ1v) is 4.93. The number of aromatic nitrogens is 3. The zero-order valence-electron chi connectivity index (χ0n) is 8.88. The minimum absolute atomic E-state index is 0.373. The minimum atomic E-state index is 0.373. The van der Waals surface area contributed by atoms with Crippen LogP contribution in [0.5, 0.6) is 0 Å². The first-order chi connectivity index (χ1) is 7.16. The van der Waals surface area contributed by atoms with Crippen LogP contribution in [0.1, 0.15) is 19.9 Å². The van der Waals surface area contributed by atoms with Crippen LogP contribution >= 0.6 is 0 Å². The van der Waals surface area contributed by atoms with Crippen LogP contribution in [0.25, 0.3) is 11.1 Å². The molecule has 4 heteroatoms. The summed E-state index contributed by atoms with van der Waals surface area (Å²) >= 11 is 0. The third-order valence-electron chi connectivity index (χ3n) is 2.25. The summed E-state index contributed by atoms with van der Waals surface area (Å²) in [5.74, 6) is 0.532. The fourth-order valence-electron chi connectivity index (χ4n) is 1.40. The normalized spacial score (nSPS) is 10.9. The Morgan fingerprint density at radius 2 is 2.13 bits per heavy atom. The number of rotatable bonds is 2. The fraction of sp³-hybridized carbons (Fsp3) is 0.273. The van der Waals surface area contributed by atoms with Gasteiger partial charge in [-0.15, -0.1) is 0 Å². The van der Waals surface area contributed by atoms with Gasteiger partial charge < -0.3 is 5.73 Å². The first-order valence-electron chi connectivity index (χ1n) is 4.93. The van der Waals surface area contributed by atoms with Crippen molar-refractivity contribution in [2.75, 3.05) is 5.73 Å². The summed E-state index contributed by atoms with van der Waals surface area (Å²) in [6, 6.07) is 4.15. The molecule has 2 aromatic rings. The lowest BCUT2D eigenvalue weighted by molar-refractivity contribution is 0.532. The zero-order valence-corrected chi connectivity index (χ0v) is 8.88. The molecule has 0 amide bonds. The molecule has 0 radical (unpaired) electrons. The number of anilines is 1. The molecule has 0 atom stereocenters. The number of hydrogen-bond donors (Lipinski definition) is 1. The van der Waals surface area contributed by atoms with Gasteiger partial charge in [-0.25, -0.2) is 4.98 Å². The molecule has 15 heavy (non-hydrogen) atoms. The average Bonchev–Trinajstić information content (AvgIpc) is 2.66. The molecule has 2 aromatic heterocycles. The summed E-state index contributed by atoms with van der Waals surface area (Å²) in [7, 11) is 0. The van der Waals surface area contributed by atoms with E-state index in [0.717, 1.165) is 11.1 Å². The van der Waals surface area contributed by atoms with Crippen molar-refractivity contribution in [2.45, 2.75) is 19.9 Å². The van der Waals surface area contributed by atoms with Gasteiger partial charge in [0.25, 0.3) is 0 Å². The molecule has 4 nitrogen and oxygen atoms in total. The summed E-state index contributed by atoms with van der Waals surface area (Å²) < 4.78 is 1.92.